The molecule has 4 atom stereocenters. The quantitative estimate of drug-likeness (QED) is 0.406. The summed E-state index contributed by atoms with van der Waals surface area (Å²) in [5, 5.41) is 7.91. The van der Waals surface area contributed by atoms with Gasteiger partial charge in [-0.05, 0) is 35.3 Å². The Morgan fingerprint density at radius 2 is 2.21 bits per heavy atom. The van der Waals surface area contributed by atoms with Gasteiger partial charge >= 0.3 is 0 Å². The van der Waals surface area contributed by atoms with Crippen LogP contribution in [0.25, 0.3) is 0 Å². The topological polar surface area (TPSA) is 54.7 Å². The van der Waals surface area contributed by atoms with Crippen LogP contribution in [0.4, 0.5) is 0 Å². The van der Waals surface area contributed by atoms with E-state index in [-0.39, 0.29) is 30.1 Å². The maximum absolute atomic E-state index is 5.96. The zero-order chi connectivity index (χ0) is 18.4. The number of nitrogens with zero attached hydrogens (tertiary/aromatic N) is 4. The van der Waals surface area contributed by atoms with Crippen LogP contribution in [0.15, 0.2) is 41.7 Å². The van der Waals surface area contributed by atoms with Gasteiger partial charge in [0.2, 0.25) is 0 Å². The van der Waals surface area contributed by atoms with E-state index in [4.69, 9.17) is 4.74 Å². The molecule has 0 amide bonds. The lowest BCUT2D eigenvalue weighted by molar-refractivity contribution is -0.00804. The molecule has 2 fully saturated rings. The fourth-order valence-electron chi connectivity index (χ4n) is 4.95. The van der Waals surface area contributed by atoms with Gasteiger partial charge in [-0.15, -0.1) is 24.0 Å². The first-order valence-electron chi connectivity index (χ1n) is 9.88. The Balaban J connectivity index is 0.00000192. The second-order valence-electron chi connectivity index (χ2n) is 7.94. The second kappa shape index (κ2) is 8.02. The number of ether oxygens (including phenoxy) is 1. The van der Waals surface area contributed by atoms with Gasteiger partial charge in [-0.3, -0.25) is 9.67 Å². The number of nitrogens with one attached hydrogen (secondary N) is 1. The molecular weight excluding hydrogens is 465 g/mol. The van der Waals surface area contributed by atoms with E-state index in [1.807, 2.05) is 31.2 Å². The maximum Gasteiger partial charge on any atom is 0.193 e. The van der Waals surface area contributed by atoms with Crippen LogP contribution in [0.3, 0.4) is 0 Å². The number of benzene rings is 1. The Morgan fingerprint density at radius 1 is 1.36 bits per heavy atom. The van der Waals surface area contributed by atoms with Gasteiger partial charge in [0.15, 0.2) is 5.96 Å². The second-order valence-corrected chi connectivity index (χ2v) is 7.94. The van der Waals surface area contributed by atoms with Crippen LogP contribution in [0.5, 0.6) is 0 Å². The molecule has 7 heteroatoms. The molecule has 6 nitrogen and oxygen atoms in total. The van der Waals surface area contributed by atoms with Crippen LogP contribution in [-0.2, 0) is 18.2 Å². The highest BCUT2D eigenvalue weighted by Crippen LogP contribution is 2.60. The number of morpholine rings is 1. The number of aryl methyl sites for hydroxylation is 1. The first-order valence-corrected chi connectivity index (χ1v) is 9.88. The minimum atomic E-state index is 0. The van der Waals surface area contributed by atoms with Crippen molar-refractivity contribution in [2.45, 2.75) is 18.4 Å². The molecule has 150 valence electrons. The van der Waals surface area contributed by atoms with E-state index in [2.05, 4.69) is 44.6 Å². The molecule has 1 aromatic carbocycles. The summed E-state index contributed by atoms with van der Waals surface area (Å²) in [5.41, 5.74) is 4.26. The van der Waals surface area contributed by atoms with E-state index < -0.39 is 0 Å². The predicted octanol–water partition coefficient (Wildman–Crippen LogP) is 2.57. The third-order valence-electron chi connectivity index (χ3n) is 6.37. The van der Waals surface area contributed by atoms with E-state index in [1.165, 1.54) is 6.42 Å². The molecule has 1 aromatic heterocycles. The SMILES string of the molecule is CN=C(NCC1C2Cc3ccccc3C12)N1CCOC(c2cnn(C)c2)C1.I. The van der Waals surface area contributed by atoms with Crippen LogP contribution >= 0.6 is 24.0 Å². The Hall–Kier alpha value is -1.61. The summed E-state index contributed by atoms with van der Waals surface area (Å²) in [4.78, 5) is 6.85. The summed E-state index contributed by atoms with van der Waals surface area (Å²) in [6.45, 7) is 3.40. The summed E-state index contributed by atoms with van der Waals surface area (Å²) in [5.74, 6) is 3.30. The highest BCUT2D eigenvalue weighted by molar-refractivity contribution is 14.0. The lowest BCUT2D eigenvalue weighted by Gasteiger charge is -2.34. The van der Waals surface area contributed by atoms with Gasteiger partial charge in [-0.2, -0.15) is 5.10 Å². The van der Waals surface area contributed by atoms with E-state index >= 15 is 0 Å². The van der Waals surface area contributed by atoms with E-state index in [0.29, 0.717) is 6.61 Å². The molecule has 2 heterocycles. The molecule has 0 radical (unpaired) electrons. The Bertz CT molecular complexity index is 866. The molecular formula is C21H28IN5O. The van der Waals surface area contributed by atoms with Crippen molar-refractivity contribution in [2.24, 2.45) is 23.9 Å². The number of aliphatic imine (C=N–C) groups is 1. The summed E-state index contributed by atoms with van der Waals surface area (Å²) in [6, 6.07) is 8.94. The average Bonchev–Trinajstić information content (AvgIpc) is 3.03. The fourth-order valence-corrected chi connectivity index (χ4v) is 4.95. The molecule has 1 saturated carbocycles. The zero-order valence-corrected chi connectivity index (χ0v) is 18.7. The van der Waals surface area contributed by atoms with Crippen molar-refractivity contribution in [1.29, 1.82) is 0 Å². The van der Waals surface area contributed by atoms with Gasteiger partial charge in [-0.25, -0.2) is 0 Å². The summed E-state index contributed by atoms with van der Waals surface area (Å²) >= 11 is 0. The van der Waals surface area contributed by atoms with E-state index in [1.54, 1.807) is 11.1 Å². The number of fused-ring (bicyclic) bond motifs is 3. The Labute approximate surface area is 183 Å². The number of halogens is 1. The monoisotopic (exact) mass is 493 g/mol. The smallest absolute Gasteiger partial charge is 0.193 e. The number of hydrogen-bond acceptors (Lipinski definition) is 3. The minimum absolute atomic E-state index is 0. The molecule has 0 bridgehead atoms. The minimum Gasteiger partial charge on any atom is -0.370 e. The highest BCUT2D eigenvalue weighted by Gasteiger charge is 2.55. The van der Waals surface area contributed by atoms with Crippen molar-refractivity contribution in [3.63, 3.8) is 0 Å². The highest BCUT2D eigenvalue weighted by atomic mass is 127. The van der Waals surface area contributed by atoms with Crippen molar-refractivity contribution in [3.8, 4) is 0 Å². The molecule has 2 aliphatic carbocycles. The number of guanidine groups is 1. The zero-order valence-electron chi connectivity index (χ0n) is 16.4. The first kappa shape index (κ1) is 19.7. The maximum atomic E-state index is 5.96. The molecule has 2 aromatic rings. The fraction of sp³-hybridized carbons (Fsp3) is 0.524. The Morgan fingerprint density at radius 3 is 3.00 bits per heavy atom. The molecule has 1 saturated heterocycles. The van der Waals surface area contributed by atoms with Crippen molar-refractivity contribution in [3.05, 3.63) is 53.3 Å². The summed E-state index contributed by atoms with van der Waals surface area (Å²) in [7, 11) is 3.81. The van der Waals surface area contributed by atoms with Crippen LogP contribution in [0.1, 0.15) is 28.7 Å². The molecule has 0 spiro atoms. The number of aromatic nitrogens is 2. The van der Waals surface area contributed by atoms with Crippen molar-refractivity contribution < 1.29 is 4.74 Å². The van der Waals surface area contributed by atoms with E-state index in [0.717, 1.165) is 48.9 Å². The summed E-state index contributed by atoms with van der Waals surface area (Å²) in [6.07, 6.45) is 5.23. The average molecular weight is 493 g/mol. The van der Waals surface area contributed by atoms with Gasteiger partial charge in [0.25, 0.3) is 0 Å². The lowest BCUT2D eigenvalue weighted by Crippen LogP contribution is -2.48. The predicted molar refractivity (Wildman–Crippen MR) is 120 cm³/mol. The molecule has 3 aliphatic rings. The lowest BCUT2D eigenvalue weighted by atomic mass is 10.0. The first-order chi connectivity index (χ1) is 13.2. The molecule has 1 aliphatic heterocycles. The third-order valence-corrected chi connectivity index (χ3v) is 6.37. The molecule has 5 rings (SSSR count). The van der Waals surface area contributed by atoms with Gasteiger partial charge in [0, 0.05) is 38.9 Å². The Kier molecular flexibility index (Phi) is 5.64. The van der Waals surface area contributed by atoms with Crippen LogP contribution in [0.2, 0.25) is 0 Å². The molecule has 1 N–H and O–H groups in total. The van der Waals surface area contributed by atoms with Crippen LogP contribution < -0.4 is 5.32 Å². The third kappa shape index (κ3) is 3.54. The number of hydrogen-bond donors (Lipinski definition) is 1. The van der Waals surface area contributed by atoms with Crippen molar-refractivity contribution >= 4 is 29.9 Å². The number of rotatable bonds is 3. The van der Waals surface area contributed by atoms with Crippen LogP contribution in [-0.4, -0.2) is 53.9 Å². The largest absolute Gasteiger partial charge is 0.370 e. The van der Waals surface area contributed by atoms with Crippen LogP contribution in [0, 0.1) is 11.8 Å². The standard InChI is InChI=1S/C21H27N5O.HI/c1-22-21(26-7-8-27-19(13-26)15-10-24-25(2)12-15)23-11-18-17-9-14-5-3-4-6-16(14)20(17)18;/h3-6,10,12,17-20H,7-9,11,13H2,1-2H3,(H,22,23);1H. The summed E-state index contributed by atoms with van der Waals surface area (Å²) < 4.78 is 7.79. The van der Waals surface area contributed by atoms with Gasteiger partial charge < -0.3 is 15.0 Å². The normalized spacial score (nSPS) is 28.4. The molecule has 4 unspecified atom stereocenters. The van der Waals surface area contributed by atoms with Gasteiger partial charge in [0.1, 0.15) is 6.10 Å². The van der Waals surface area contributed by atoms with Gasteiger partial charge in [0.05, 0.1) is 19.3 Å². The van der Waals surface area contributed by atoms with Crippen molar-refractivity contribution in [1.82, 2.24) is 20.0 Å². The van der Waals surface area contributed by atoms with Crippen molar-refractivity contribution in [2.75, 3.05) is 33.3 Å². The van der Waals surface area contributed by atoms with Gasteiger partial charge in [-0.1, -0.05) is 24.3 Å². The van der Waals surface area contributed by atoms with E-state index in [9.17, 15) is 0 Å². The molecule has 28 heavy (non-hydrogen) atoms.